The average Bonchev–Trinajstić information content (AvgIpc) is 3.33. The van der Waals surface area contributed by atoms with Crippen LogP contribution in [-0.4, -0.2) is 32.6 Å². The van der Waals surface area contributed by atoms with Gasteiger partial charge >= 0.3 is 5.97 Å². The summed E-state index contributed by atoms with van der Waals surface area (Å²) in [7, 11) is 0. The molecular formula is C26H25N5O2S. The van der Waals surface area contributed by atoms with E-state index in [4.69, 9.17) is 15.1 Å². The highest BCUT2D eigenvalue weighted by Gasteiger charge is 2.21. The van der Waals surface area contributed by atoms with Crippen molar-refractivity contribution in [2.45, 2.75) is 32.7 Å². The molecule has 2 N–H and O–H groups in total. The van der Waals surface area contributed by atoms with Gasteiger partial charge in [-0.15, -0.1) is 0 Å². The first-order chi connectivity index (χ1) is 16.5. The number of anilines is 3. The number of benzene rings is 1. The van der Waals surface area contributed by atoms with Crippen LogP contribution in [0.5, 0.6) is 0 Å². The number of aryl methyl sites for hydroxylation is 2. The molecule has 0 amide bonds. The number of nitrogens with zero attached hydrogens (tertiary/aromatic N) is 4. The number of fused-ring (bicyclic) bond motifs is 1. The molecule has 0 fully saturated rings. The fourth-order valence-electron chi connectivity index (χ4n) is 4.23. The summed E-state index contributed by atoms with van der Waals surface area (Å²) in [5.74, 6) is 0.754. The lowest BCUT2D eigenvalue weighted by Crippen LogP contribution is -2.30. The molecule has 1 aliphatic rings. The number of aliphatic carboxylic acids is 1. The van der Waals surface area contributed by atoms with Gasteiger partial charge in [-0.2, -0.15) is 0 Å². The zero-order chi connectivity index (χ0) is 23.5. The van der Waals surface area contributed by atoms with Crippen molar-refractivity contribution >= 4 is 34.1 Å². The molecule has 0 unspecified atom stereocenters. The molecule has 0 saturated heterocycles. The molecule has 7 nitrogen and oxygen atoms in total. The van der Waals surface area contributed by atoms with E-state index in [1.165, 1.54) is 11.1 Å². The summed E-state index contributed by atoms with van der Waals surface area (Å²) in [4.78, 5) is 28.1. The van der Waals surface area contributed by atoms with Gasteiger partial charge in [0.1, 0.15) is 11.6 Å². The molecule has 1 aromatic carbocycles. The minimum absolute atomic E-state index is 0.164. The number of aromatic nitrogens is 3. The standard InChI is InChI=1S/C26H25N5O2S/c1-17-10-12-27-24(14-17)30-23-7-3-6-21(29-23)22-15-28-26(34-22)31-13-11-20-18(8-9-25(32)33)4-2-5-19(20)16-31/h2-7,10,12,14-15H,8-9,11,13,16H2,1H3,(H,32,33)(H,27,29,30). The van der Waals surface area contributed by atoms with E-state index in [2.05, 4.69) is 27.3 Å². The van der Waals surface area contributed by atoms with Crippen LogP contribution in [0, 0.1) is 6.92 Å². The number of rotatable bonds is 7. The molecule has 172 valence electrons. The number of pyridine rings is 2. The Kier molecular flexibility index (Phi) is 6.22. The molecule has 4 aromatic rings. The number of carboxylic acid groups (broad SMARTS) is 1. The van der Waals surface area contributed by atoms with Gasteiger partial charge in [0.25, 0.3) is 0 Å². The maximum absolute atomic E-state index is 11.0. The van der Waals surface area contributed by atoms with Gasteiger partial charge < -0.3 is 15.3 Å². The molecule has 0 atom stereocenters. The van der Waals surface area contributed by atoms with Crippen LogP contribution in [0.4, 0.5) is 16.8 Å². The third-order valence-electron chi connectivity index (χ3n) is 5.91. The van der Waals surface area contributed by atoms with Crippen LogP contribution < -0.4 is 10.2 Å². The van der Waals surface area contributed by atoms with Crippen LogP contribution in [0.1, 0.15) is 28.7 Å². The van der Waals surface area contributed by atoms with E-state index in [0.29, 0.717) is 6.42 Å². The van der Waals surface area contributed by atoms with Crippen molar-refractivity contribution in [1.82, 2.24) is 15.0 Å². The summed E-state index contributed by atoms with van der Waals surface area (Å²) in [5, 5.41) is 13.3. The second-order valence-electron chi connectivity index (χ2n) is 8.38. The first-order valence-corrected chi connectivity index (χ1v) is 12.1. The van der Waals surface area contributed by atoms with Crippen molar-refractivity contribution in [3.05, 3.63) is 83.2 Å². The molecule has 34 heavy (non-hydrogen) atoms. The molecule has 0 bridgehead atoms. The summed E-state index contributed by atoms with van der Waals surface area (Å²) in [5.41, 5.74) is 5.70. The maximum atomic E-state index is 11.0. The number of carbonyl (C=O) groups is 1. The van der Waals surface area contributed by atoms with Crippen LogP contribution in [-0.2, 0) is 24.2 Å². The molecule has 0 radical (unpaired) electrons. The van der Waals surface area contributed by atoms with E-state index in [9.17, 15) is 4.79 Å². The summed E-state index contributed by atoms with van der Waals surface area (Å²) in [6.07, 6.45) is 5.30. The Morgan fingerprint density at radius 1 is 1.15 bits per heavy atom. The van der Waals surface area contributed by atoms with Gasteiger partial charge in [-0.1, -0.05) is 35.6 Å². The van der Waals surface area contributed by atoms with E-state index in [0.717, 1.165) is 58.0 Å². The van der Waals surface area contributed by atoms with E-state index >= 15 is 0 Å². The minimum Gasteiger partial charge on any atom is -0.481 e. The van der Waals surface area contributed by atoms with Crippen molar-refractivity contribution in [3.8, 4) is 10.6 Å². The smallest absolute Gasteiger partial charge is 0.303 e. The lowest BCUT2D eigenvalue weighted by molar-refractivity contribution is -0.136. The molecule has 0 aliphatic carbocycles. The van der Waals surface area contributed by atoms with Crippen molar-refractivity contribution in [3.63, 3.8) is 0 Å². The number of hydrogen-bond acceptors (Lipinski definition) is 7. The Morgan fingerprint density at radius 3 is 2.88 bits per heavy atom. The monoisotopic (exact) mass is 471 g/mol. The van der Waals surface area contributed by atoms with Crippen LogP contribution in [0.3, 0.4) is 0 Å². The van der Waals surface area contributed by atoms with Gasteiger partial charge in [-0.25, -0.2) is 15.0 Å². The molecular weight excluding hydrogens is 446 g/mol. The van der Waals surface area contributed by atoms with E-state index in [1.807, 2.05) is 49.5 Å². The molecule has 3 aromatic heterocycles. The average molecular weight is 472 g/mol. The topological polar surface area (TPSA) is 91.2 Å². The third-order valence-corrected chi connectivity index (χ3v) is 6.99. The summed E-state index contributed by atoms with van der Waals surface area (Å²) in [6.45, 7) is 3.67. The zero-order valence-electron chi connectivity index (χ0n) is 18.9. The van der Waals surface area contributed by atoms with Gasteiger partial charge in [0.15, 0.2) is 5.13 Å². The summed E-state index contributed by atoms with van der Waals surface area (Å²) in [6, 6.07) is 16.1. The predicted molar refractivity (Wildman–Crippen MR) is 135 cm³/mol. The fourth-order valence-corrected chi connectivity index (χ4v) is 5.15. The van der Waals surface area contributed by atoms with Gasteiger partial charge in [0.2, 0.25) is 0 Å². The van der Waals surface area contributed by atoms with Crippen molar-refractivity contribution < 1.29 is 9.90 Å². The molecule has 5 rings (SSSR count). The second kappa shape index (κ2) is 9.61. The lowest BCUT2D eigenvalue weighted by Gasteiger charge is -2.29. The Bertz CT molecular complexity index is 1340. The van der Waals surface area contributed by atoms with Crippen molar-refractivity contribution in [1.29, 1.82) is 0 Å². The van der Waals surface area contributed by atoms with E-state index in [-0.39, 0.29) is 6.42 Å². The number of carboxylic acids is 1. The zero-order valence-corrected chi connectivity index (χ0v) is 19.7. The first-order valence-electron chi connectivity index (χ1n) is 11.2. The lowest BCUT2D eigenvalue weighted by atomic mass is 9.92. The molecule has 1 aliphatic heterocycles. The normalized spacial score (nSPS) is 12.9. The molecule has 0 saturated carbocycles. The van der Waals surface area contributed by atoms with Crippen LogP contribution in [0.2, 0.25) is 0 Å². The molecule has 8 heteroatoms. The molecule has 4 heterocycles. The number of nitrogens with one attached hydrogen (secondary N) is 1. The predicted octanol–water partition coefficient (Wildman–Crippen LogP) is 5.23. The third kappa shape index (κ3) is 4.92. The van der Waals surface area contributed by atoms with E-state index < -0.39 is 5.97 Å². The maximum Gasteiger partial charge on any atom is 0.303 e. The molecule has 0 spiro atoms. The van der Waals surface area contributed by atoms with Gasteiger partial charge in [-0.05, 0) is 66.3 Å². The van der Waals surface area contributed by atoms with Gasteiger partial charge in [-0.3, -0.25) is 4.79 Å². The van der Waals surface area contributed by atoms with Gasteiger partial charge in [0.05, 0.1) is 10.6 Å². The highest BCUT2D eigenvalue weighted by Crippen LogP contribution is 2.34. The highest BCUT2D eigenvalue weighted by atomic mass is 32.1. The van der Waals surface area contributed by atoms with Crippen LogP contribution in [0.25, 0.3) is 10.6 Å². The highest BCUT2D eigenvalue weighted by molar-refractivity contribution is 7.18. The first kappa shape index (κ1) is 22.0. The van der Waals surface area contributed by atoms with Gasteiger partial charge in [0, 0.05) is 31.9 Å². The Balaban J connectivity index is 1.31. The van der Waals surface area contributed by atoms with Crippen molar-refractivity contribution in [2.24, 2.45) is 0 Å². The van der Waals surface area contributed by atoms with Crippen molar-refractivity contribution in [2.75, 3.05) is 16.8 Å². The second-order valence-corrected chi connectivity index (χ2v) is 9.39. The van der Waals surface area contributed by atoms with Crippen LogP contribution in [0.15, 0.2) is 60.9 Å². The fraction of sp³-hybridized carbons (Fsp3) is 0.231. The quantitative estimate of drug-likeness (QED) is 0.381. The Morgan fingerprint density at radius 2 is 2.03 bits per heavy atom. The SMILES string of the molecule is Cc1ccnc(Nc2cccc(-c3cnc(N4CCc5c(CCC(=O)O)cccc5C4)s3)n2)c1. The van der Waals surface area contributed by atoms with E-state index in [1.54, 1.807) is 17.5 Å². The largest absolute Gasteiger partial charge is 0.481 e. The Hall–Kier alpha value is -3.78. The number of hydrogen-bond donors (Lipinski definition) is 2. The summed E-state index contributed by atoms with van der Waals surface area (Å²) < 4.78 is 0. The minimum atomic E-state index is -0.756. The number of thiazole rings is 1. The summed E-state index contributed by atoms with van der Waals surface area (Å²) >= 11 is 1.63. The Labute approximate surface area is 202 Å². The van der Waals surface area contributed by atoms with Crippen LogP contribution >= 0.6 is 11.3 Å².